The van der Waals surface area contributed by atoms with Crippen LogP contribution in [0.4, 0.5) is 11.5 Å². The SMILES string of the molecule is CNC(=O)c1cccnc1N1CCCC(c2[nH]ncc2NC(=O)C2CCCC2)C1. The van der Waals surface area contributed by atoms with E-state index in [9.17, 15) is 9.59 Å². The zero-order valence-corrected chi connectivity index (χ0v) is 16.8. The third-order valence-corrected chi connectivity index (χ3v) is 6.04. The van der Waals surface area contributed by atoms with E-state index in [1.54, 1.807) is 31.6 Å². The Bertz CT molecular complexity index is 874. The van der Waals surface area contributed by atoms with Crippen molar-refractivity contribution in [3.8, 4) is 0 Å². The number of amides is 2. The Morgan fingerprint density at radius 2 is 2.03 bits per heavy atom. The molecule has 154 valence electrons. The van der Waals surface area contributed by atoms with Gasteiger partial charge in [0.05, 0.1) is 23.1 Å². The average molecular weight is 396 g/mol. The van der Waals surface area contributed by atoms with E-state index in [4.69, 9.17) is 0 Å². The fourth-order valence-electron chi connectivity index (χ4n) is 4.50. The van der Waals surface area contributed by atoms with Gasteiger partial charge in [0.25, 0.3) is 5.91 Å². The van der Waals surface area contributed by atoms with Gasteiger partial charge >= 0.3 is 0 Å². The first-order valence-corrected chi connectivity index (χ1v) is 10.4. The number of hydrogen-bond acceptors (Lipinski definition) is 5. The molecule has 2 fully saturated rings. The van der Waals surface area contributed by atoms with E-state index in [2.05, 4.69) is 30.7 Å². The van der Waals surface area contributed by atoms with Crippen molar-refractivity contribution in [1.29, 1.82) is 0 Å². The second-order valence-electron chi connectivity index (χ2n) is 7.91. The number of H-pyrrole nitrogens is 1. The number of rotatable bonds is 5. The van der Waals surface area contributed by atoms with Crippen LogP contribution in [0.5, 0.6) is 0 Å². The van der Waals surface area contributed by atoms with Crippen LogP contribution >= 0.6 is 0 Å². The van der Waals surface area contributed by atoms with Crippen molar-refractivity contribution in [3.05, 3.63) is 35.8 Å². The minimum absolute atomic E-state index is 0.101. The van der Waals surface area contributed by atoms with Crippen molar-refractivity contribution in [3.63, 3.8) is 0 Å². The number of carbonyl (C=O) groups is 2. The Morgan fingerprint density at radius 1 is 1.21 bits per heavy atom. The summed E-state index contributed by atoms with van der Waals surface area (Å²) < 4.78 is 0. The molecule has 4 rings (SSSR count). The lowest BCUT2D eigenvalue weighted by Crippen LogP contribution is -2.37. The van der Waals surface area contributed by atoms with Crippen molar-refractivity contribution in [2.75, 3.05) is 30.4 Å². The maximum Gasteiger partial charge on any atom is 0.254 e. The van der Waals surface area contributed by atoms with E-state index in [0.717, 1.165) is 63.0 Å². The predicted octanol–water partition coefficient (Wildman–Crippen LogP) is 2.68. The van der Waals surface area contributed by atoms with Crippen LogP contribution in [0.2, 0.25) is 0 Å². The van der Waals surface area contributed by atoms with Gasteiger partial charge < -0.3 is 15.5 Å². The minimum Gasteiger partial charge on any atom is -0.355 e. The molecule has 29 heavy (non-hydrogen) atoms. The molecular formula is C21H28N6O2. The normalized spacial score (nSPS) is 19.9. The number of aromatic amines is 1. The van der Waals surface area contributed by atoms with E-state index in [1.165, 1.54) is 0 Å². The van der Waals surface area contributed by atoms with E-state index in [0.29, 0.717) is 11.4 Å². The zero-order valence-electron chi connectivity index (χ0n) is 16.8. The van der Waals surface area contributed by atoms with Crippen molar-refractivity contribution in [2.45, 2.75) is 44.4 Å². The molecule has 2 aliphatic rings. The molecule has 0 radical (unpaired) electrons. The Morgan fingerprint density at radius 3 is 2.83 bits per heavy atom. The van der Waals surface area contributed by atoms with Crippen LogP contribution in [0.3, 0.4) is 0 Å². The summed E-state index contributed by atoms with van der Waals surface area (Å²) in [5.41, 5.74) is 2.31. The standard InChI is InChI=1S/C21H28N6O2/c1-22-21(29)16-9-4-10-23-19(16)27-11-5-8-15(13-27)18-17(12-24-26-18)25-20(28)14-6-2-3-7-14/h4,9-10,12,14-15H,2-3,5-8,11,13H2,1H3,(H,22,29)(H,24,26)(H,25,28). The highest BCUT2D eigenvalue weighted by Gasteiger charge is 2.29. The molecule has 2 aromatic heterocycles. The molecule has 3 heterocycles. The minimum atomic E-state index is -0.138. The molecule has 1 unspecified atom stereocenters. The monoisotopic (exact) mass is 396 g/mol. The number of nitrogens with zero attached hydrogens (tertiary/aromatic N) is 3. The van der Waals surface area contributed by atoms with Crippen LogP contribution in [0.15, 0.2) is 24.5 Å². The Labute approximate surface area is 170 Å². The Kier molecular flexibility index (Phi) is 5.78. The van der Waals surface area contributed by atoms with Gasteiger partial charge in [0.1, 0.15) is 5.82 Å². The van der Waals surface area contributed by atoms with Crippen LogP contribution < -0.4 is 15.5 Å². The lowest BCUT2D eigenvalue weighted by molar-refractivity contribution is -0.119. The van der Waals surface area contributed by atoms with Crippen LogP contribution in [-0.2, 0) is 4.79 Å². The molecule has 1 saturated carbocycles. The number of anilines is 2. The van der Waals surface area contributed by atoms with Crippen molar-refractivity contribution >= 4 is 23.3 Å². The Balaban J connectivity index is 1.51. The fraction of sp³-hybridized carbons (Fsp3) is 0.524. The summed E-state index contributed by atoms with van der Waals surface area (Å²) in [5.74, 6) is 0.965. The van der Waals surface area contributed by atoms with Crippen LogP contribution in [0.25, 0.3) is 0 Å². The van der Waals surface area contributed by atoms with Gasteiger partial charge in [-0.1, -0.05) is 12.8 Å². The highest BCUT2D eigenvalue weighted by Crippen LogP contribution is 2.34. The van der Waals surface area contributed by atoms with Gasteiger partial charge in [-0.25, -0.2) is 4.98 Å². The van der Waals surface area contributed by atoms with E-state index >= 15 is 0 Å². The molecule has 1 aliphatic carbocycles. The molecule has 0 aromatic carbocycles. The highest BCUT2D eigenvalue weighted by molar-refractivity contribution is 5.98. The molecule has 8 nitrogen and oxygen atoms in total. The summed E-state index contributed by atoms with van der Waals surface area (Å²) in [7, 11) is 1.63. The molecule has 1 saturated heterocycles. The molecule has 0 spiro atoms. The molecular weight excluding hydrogens is 368 g/mol. The number of pyridine rings is 1. The summed E-state index contributed by atoms with van der Waals surface area (Å²) in [4.78, 5) is 31.5. The average Bonchev–Trinajstić information content (AvgIpc) is 3.45. The number of nitrogens with one attached hydrogen (secondary N) is 3. The van der Waals surface area contributed by atoms with Crippen molar-refractivity contribution in [2.24, 2.45) is 5.92 Å². The number of carbonyl (C=O) groups excluding carboxylic acids is 2. The summed E-state index contributed by atoms with van der Waals surface area (Å²) >= 11 is 0. The van der Waals surface area contributed by atoms with Gasteiger partial charge in [0.2, 0.25) is 5.91 Å². The van der Waals surface area contributed by atoms with Gasteiger partial charge in [-0.05, 0) is 37.8 Å². The lowest BCUT2D eigenvalue weighted by atomic mass is 9.93. The van der Waals surface area contributed by atoms with Crippen LogP contribution in [-0.4, -0.2) is 47.1 Å². The van der Waals surface area contributed by atoms with E-state index in [-0.39, 0.29) is 23.7 Å². The quantitative estimate of drug-likeness (QED) is 0.721. The fourth-order valence-corrected chi connectivity index (χ4v) is 4.50. The first-order chi connectivity index (χ1) is 14.2. The van der Waals surface area contributed by atoms with Gasteiger partial charge in [-0.2, -0.15) is 5.10 Å². The molecule has 1 atom stereocenters. The largest absolute Gasteiger partial charge is 0.355 e. The highest BCUT2D eigenvalue weighted by atomic mass is 16.2. The third-order valence-electron chi connectivity index (χ3n) is 6.04. The smallest absolute Gasteiger partial charge is 0.254 e. The van der Waals surface area contributed by atoms with Gasteiger partial charge in [0, 0.05) is 38.2 Å². The maximum absolute atomic E-state index is 12.6. The number of hydrogen-bond donors (Lipinski definition) is 3. The van der Waals surface area contributed by atoms with Crippen molar-refractivity contribution < 1.29 is 9.59 Å². The third kappa shape index (κ3) is 4.11. The van der Waals surface area contributed by atoms with E-state index < -0.39 is 0 Å². The lowest BCUT2D eigenvalue weighted by Gasteiger charge is -2.34. The Hall–Kier alpha value is -2.90. The topological polar surface area (TPSA) is 103 Å². The van der Waals surface area contributed by atoms with Crippen molar-refractivity contribution in [1.82, 2.24) is 20.5 Å². The number of aromatic nitrogens is 3. The molecule has 0 bridgehead atoms. The zero-order chi connectivity index (χ0) is 20.2. The number of piperidine rings is 1. The maximum atomic E-state index is 12.6. The molecule has 2 aromatic rings. The molecule has 1 aliphatic heterocycles. The summed E-state index contributed by atoms with van der Waals surface area (Å²) in [6.45, 7) is 1.56. The summed E-state index contributed by atoms with van der Waals surface area (Å²) in [6.07, 6.45) is 9.59. The first-order valence-electron chi connectivity index (χ1n) is 10.4. The summed E-state index contributed by atoms with van der Waals surface area (Å²) in [6, 6.07) is 3.58. The predicted molar refractivity (Wildman–Crippen MR) is 111 cm³/mol. The second kappa shape index (κ2) is 8.63. The first kappa shape index (κ1) is 19.4. The van der Waals surface area contributed by atoms with Crippen LogP contribution in [0, 0.1) is 5.92 Å². The van der Waals surface area contributed by atoms with Crippen LogP contribution in [0.1, 0.15) is 60.5 Å². The second-order valence-corrected chi connectivity index (χ2v) is 7.91. The molecule has 2 amide bonds. The summed E-state index contributed by atoms with van der Waals surface area (Å²) in [5, 5.41) is 13.1. The van der Waals surface area contributed by atoms with Gasteiger partial charge in [0.15, 0.2) is 0 Å². The molecule has 8 heteroatoms. The van der Waals surface area contributed by atoms with E-state index in [1.807, 2.05) is 0 Å². The van der Waals surface area contributed by atoms with Gasteiger partial charge in [-0.3, -0.25) is 14.7 Å². The molecule has 3 N–H and O–H groups in total. The van der Waals surface area contributed by atoms with Gasteiger partial charge in [-0.15, -0.1) is 0 Å².